The van der Waals surface area contributed by atoms with E-state index in [-0.39, 0.29) is 9.92 Å². The molecule has 0 aliphatic rings. The van der Waals surface area contributed by atoms with Crippen LogP contribution in [-0.2, 0) is 9.84 Å². The van der Waals surface area contributed by atoms with Crippen LogP contribution in [0.1, 0.15) is 0 Å². The molecule has 0 aliphatic carbocycles. The molecule has 1 aromatic carbocycles. The summed E-state index contributed by atoms with van der Waals surface area (Å²) in [5.74, 6) is 0. The molecule has 0 amide bonds. The van der Waals surface area contributed by atoms with Crippen molar-refractivity contribution in [1.82, 2.24) is 4.98 Å². The smallest absolute Gasteiger partial charge is 0.223 e. The maximum Gasteiger partial charge on any atom is 0.223 e. The monoisotopic (exact) mass is 243 g/mol. The number of rotatable bonds is 2. The number of nitrogens with zero attached hydrogens (tertiary/aromatic N) is 1. The van der Waals surface area contributed by atoms with Gasteiger partial charge in [-0.3, -0.25) is 0 Å². The van der Waals surface area contributed by atoms with Gasteiger partial charge in [-0.2, -0.15) is 0 Å². The molecule has 84 valence electrons. The summed E-state index contributed by atoms with van der Waals surface area (Å²) in [5, 5.41) is 0.0898. The summed E-state index contributed by atoms with van der Waals surface area (Å²) in [6.07, 6.45) is 1.56. The van der Waals surface area contributed by atoms with E-state index in [1.807, 2.05) is 15.7 Å². The molecule has 0 unspecified atom stereocenters. The van der Waals surface area contributed by atoms with Gasteiger partial charge in [0.2, 0.25) is 9.84 Å². The van der Waals surface area contributed by atoms with Crippen LogP contribution in [0, 0.1) is 0 Å². The summed E-state index contributed by atoms with van der Waals surface area (Å²) in [6.45, 7) is 0. The van der Waals surface area contributed by atoms with Crippen molar-refractivity contribution in [2.24, 2.45) is 0 Å². The number of aromatic nitrogens is 1. The van der Waals surface area contributed by atoms with Crippen LogP contribution in [0.5, 0.6) is 0 Å². The van der Waals surface area contributed by atoms with E-state index in [1.165, 1.54) is 6.07 Å². The van der Waals surface area contributed by atoms with Gasteiger partial charge in [-0.25, -0.2) is 13.4 Å². The Morgan fingerprint density at radius 3 is 2.00 bits per heavy atom. The molecule has 6 heteroatoms. The third-order valence-electron chi connectivity index (χ3n) is 2.49. The Bertz CT molecular complexity index is 570. The first-order valence-electron chi connectivity index (χ1n) is 5.24. The molecule has 0 spiro atoms. The third-order valence-corrected chi connectivity index (χ3v) is 4.18. The fourth-order valence-corrected chi connectivity index (χ4v) is 2.63. The van der Waals surface area contributed by atoms with E-state index in [0.717, 1.165) is 10.9 Å². The standard InChI is InChI=1S/C11H11B2NO2S/c12-8-1-4-10(5-2-8)17(15,16)11-6-3-9(13)7-14-11/h1-7H,12-13H2. The molecular formula is C11H11B2NO2S. The first-order valence-corrected chi connectivity index (χ1v) is 6.73. The highest BCUT2D eigenvalue weighted by Crippen LogP contribution is 2.16. The molecule has 0 saturated heterocycles. The first kappa shape index (κ1) is 11.9. The lowest BCUT2D eigenvalue weighted by atomic mass is 9.97. The third kappa shape index (κ3) is 2.42. The summed E-state index contributed by atoms with van der Waals surface area (Å²) in [7, 11) is 0.304. The number of benzene rings is 1. The van der Waals surface area contributed by atoms with E-state index in [4.69, 9.17) is 0 Å². The van der Waals surface area contributed by atoms with Crippen molar-refractivity contribution in [3.05, 3.63) is 42.6 Å². The molecule has 1 aromatic heterocycles. The summed E-state index contributed by atoms with van der Waals surface area (Å²) in [4.78, 5) is 4.24. The van der Waals surface area contributed by atoms with Crippen molar-refractivity contribution in [2.45, 2.75) is 9.92 Å². The molecule has 3 nitrogen and oxygen atoms in total. The minimum atomic E-state index is -3.48. The van der Waals surface area contributed by atoms with Crippen LogP contribution >= 0.6 is 0 Å². The Kier molecular flexibility index (Phi) is 3.07. The number of pyridine rings is 1. The van der Waals surface area contributed by atoms with Crippen LogP contribution in [0.15, 0.2) is 52.5 Å². The summed E-state index contributed by atoms with van der Waals surface area (Å²) < 4.78 is 24.4. The van der Waals surface area contributed by atoms with Gasteiger partial charge in [-0.05, 0) is 18.2 Å². The largest absolute Gasteiger partial charge is 0.245 e. The van der Waals surface area contributed by atoms with Crippen molar-refractivity contribution in [1.29, 1.82) is 0 Å². The summed E-state index contributed by atoms with van der Waals surface area (Å²) in [5.41, 5.74) is 1.97. The Morgan fingerprint density at radius 2 is 1.47 bits per heavy atom. The van der Waals surface area contributed by atoms with Gasteiger partial charge in [0.15, 0.2) is 5.03 Å². The second kappa shape index (κ2) is 4.37. The van der Waals surface area contributed by atoms with Crippen LogP contribution in [0.2, 0.25) is 0 Å². The van der Waals surface area contributed by atoms with Crippen LogP contribution in [0.25, 0.3) is 0 Å². The Hall–Kier alpha value is -1.55. The van der Waals surface area contributed by atoms with Crippen molar-refractivity contribution in [3.63, 3.8) is 0 Å². The molecule has 0 saturated carbocycles. The van der Waals surface area contributed by atoms with E-state index in [0.29, 0.717) is 0 Å². The fraction of sp³-hybridized carbons (Fsp3) is 0. The Morgan fingerprint density at radius 1 is 0.882 bits per heavy atom. The van der Waals surface area contributed by atoms with E-state index >= 15 is 0 Å². The molecule has 2 rings (SSSR count). The van der Waals surface area contributed by atoms with Gasteiger partial charge in [-0.1, -0.05) is 29.1 Å². The van der Waals surface area contributed by atoms with Crippen molar-refractivity contribution in [2.75, 3.05) is 0 Å². The summed E-state index contributed by atoms with van der Waals surface area (Å²) >= 11 is 0. The molecule has 0 radical (unpaired) electrons. The quantitative estimate of drug-likeness (QED) is 0.598. The second-order valence-corrected chi connectivity index (χ2v) is 5.89. The van der Waals surface area contributed by atoms with Gasteiger partial charge in [0, 0.05) is 6.20 Å². The van der Waals surface area contributed by atoms with Gasteiger partial charge in [0.25, 0.3) is 0 Å². The Labute approximate surface area is 103 Å². The molecule has 0 fully saturated rings. The minimum Gasteiger partial charge on any atom is -0.245 e. The van der Waals surface area contributed by atoms with Gasteiger partial charge in [-0.15, -0.1) is 0 Å². The average molecular weight is 243 g/mol. The number of sulfone groups is 1. The first-order chi connectivity index (χ1) is 8.00. The van der Waals surface area contributed by atoms with Crippen LogP contribution in [0.3, 0.4) is 0 Å². The predicted octanol–water partition coefficient (Wildman–Crippen LogP) is -1.57. The topological polar surface area (TPSA) is 47.0 Å². The van der Waals surface area contributed by atoms with E-state index in [9.17, 15) is 8.42 Å². The molecular weight excluding hydrogens is 232 g/mol. The molecule has 2 aromatic rings. The zero-order chi connectivity index (χ0) is 12.5. The lowest BCUT2D eigenvalue weighted by Gasteiger charge is -2.04. The number of hydrogen-bond donors (Lipinski definition) is 0. The van der Waals surface area contributed by atoms with Crippen molar-refractivity contribution < 1.29 is 8.42 Å². The lowest BCUT2D eigenvalue weighted by molar-refractivity contribution is 0.592. The van der Waals surface area contributed by atoms with E-state index in [1.54, 1.807) is 36.5 Å². The van der Waals surface area contributed by atoms with Crippen molar-refractivity contribution >= 4 is 36.5 Å². The zero-order valence-electron chi connectivity index (χ0n) is 9.71. The molecule has 0 N–H and O–H groups in total. The molecule has 0 bridgehead atoms. The van der Waals surface area contributed by atoms with Gasteiger partial charge < -0.3 is 0 Å². The second-order valence-electron chi connectivity index (χ2n) is 3.99. The minimum absolute atomic E-state index is 0.0898. The van der Waals surface area contributed by atoms with Crippen LogP contribution in [0.4, 0.5) is 0 Å². The molecule has 0 atom stereocenters. The highest BCUT2D eigenvalue weighted by atomic mass is 32.2. The summed E-state index contributed by atoms with van der Waals surface area (Å²) in [6, 6.07) is 10.0. The Balaban J connectivity index is 2.50. The maximum absolute atomic E-state index is 12.2. The van der Waals surface area contributed by atoms with Crippen LogP contribution in [-0.4, -0.2) is 29.1 Å². The van der Waals surface area contributed by atoms with Crippen molar-refractivity contribution in [3.8, 4) is 0 Å². The van der Waals surface area contributed by atoms with Crippen LogP contribution < -0.4 is 10.9 Å². The fourth-order valence-electron chi connectivity index (χ4n) is 1.45. The molecule has 17 heavy (non-hydrogen) atoms. The average Bonchev–Trinajstić information content (AvgIpc) is 2.30. The maximum atomic E-state index is 12.2. The lowest BCUT2D eigenvalue weighted by Crippen LogP contribution is -2.10. The van der Waals surface area contributed by atoms with E-state index < -0.39 is 9.84 Å². The van der Waals surface area contributed by atoms with Gasteiger partial charge >= 0.3 is 0 Å². The zero-order valence-corrected chi connectivity index (χ0v) is 10.5. The van der Waals surface area contributed by atoms with Gasteiger partial charge in [0.1, 0.15) is 15.7 Å². The SMILES string of the molecule is Bc1ccc(S(=O)(=O)c2ccc(B)cn2)cc1. The van der Waals surface area contributed by atoms with E-state index in [2.05, 4.69) is 4.98 Å². The molecule has 0 aliphatic heterocycles. The highest BCUT2D eigenvalue weighted by Gasteiger charge is 2.18. The van der Waals surface area contributed by atoms with Gasteiger partial charge in [0.05, 0.1) is 4.90 Å². The normalized spacial score (nSPS) is 11.3. The highest BCUT2D eigenvalue weighted by molar-refractivity contribution is 7.91. The molecule has 1 heterocycles. The number of hydrogen-bond acceptors (Lipinski definition) is 3. The predicted molar refractivity (Wildman–Crippen MR) is 72.5 cm³/mol.